The molecule has 0 bridgehead atoms. The molecule has 0 aromatic carbocycles. The number of pyridine rings is 1. The van der Waals surface area contributed by atoms with Crippen LogP contribution in [0.2, 0.25) is 0 Å². The zero-order valence-electron chi connectivity index (χ0n) is 12.2. The van der Waals surface area contributed by atoms with E-state index in [9.17, 15) is 9.18 Å². The second-order valence-corrected chi connectivity index (χ2v) is 5.48. The first-order valence-corrected chi connectivity index (χ1v) is 7.39. The molecular weight excluding hydrogens is 285 g/mol. The SMILES string of the molecule is O=C(NCC1CCN(c2ccncc2F)CC1)c1ccoc1. The van der Waals surface area contributed by atoms with Gasteiger partial charge in [0.2, 0.25) is 0 Å². The predicted octanol–water partition coefficient (Wildman–Crippen LogP) is 2.46. The lowest BCUT2D eigenvalue weighted by Gasteiger charge is -2.33. The zero-order valence-corrected chi connectivity index (χ0v) is 12.2. The summed E-state index contributed by atoms with van der Waals surface area (Å²) in [5, 5.41) is 2.92. The summed E-state index contributed by atoms with van der Waals surface area (Å²) >= 11 is 0. The van der Waals surface area contributed by atoms with Gasteiger partial charge in [-0.2, -0.15) is 0 Å². The highest BCUT2D eigenvalue weighted by Crippen LogP contribution is 2.24. The third-order valence-electron chi connectivity index (χ3n) is 4.04. The van der Waals surface area contributed by atoms with Crippen molar-refractivity contribution < 1.29 is 13.6 Å². The van der Waals surface area contributed by atoms with Crippen LogP contribution in [0.3, 0.4) is 0 Å². The van der Waals surface area contributed by atoms with E-state index in [0.29, 0.717) is 23.7 Å². The average molecular weight is 303 g/mol. The molecule has 0 unspecified atom stereocenters. The van der Waals surface area contributed by atoms with Crippen LogP contribution in [0.15, 0.2) is 41.5 Å². The van der Waals surface area contributed by atoms with Gasteiger partial charge in [-0.1, -0.05) is 0 Å². The van der Waals surface area contributed by atoms with E-state index in [4.69, 9.17) is 4.42 Å². The first-order chi connectivity index (χ1) is 10.7. The highest BCUT2D eigenvalue weighted by Gasteiger charge is 2.21. The van der Waals surface area contributed by atoms with Gasteiger partial charge in [0, 0.05) is 25.8 Å². The molecule has 6 heteroatoms. The van der Waals surface area contributed by atoms with Crippen molar-refractivity contribution in [3.05, 3.63) is 48.4 Å². The fraction of sp³-hybridized carbons (Fsp3) is 0.375. The number of carbonyl (C=O) groups excluding carboxylic acids is 1. The van der Waals surface area contributed by atoms with Crippen molar-refractivity contribution >= 4 is 11.6 Å². The summed E-state index contributed by atoms with van der Waals surface area (Å²) in [5.74, 6) is 0.0163. The Kier molecular flexibility index (Phi) is 4.37. The normalized spacial score (nSPS) is 15.8. The van der Waals surface area contributed by atoms with Crippen molar-refractivity contribution in [2.45, 2.75) is 12.8 Å². The van der Waals surface area contributed by atoms with Gasteiger partial charge in [0.1, 0.15) is 6.26 Å². The standard InChI is InChI=1S/C16H18FN3O2/c17-14-10-18-5-1-15(14)20-6-2-12(3-7-20)9-19-16(21)13-4-8-22-11-13/h1,4-5,8,10-12H,2-3,6-7,9H2,(H,19,21). The van der Waals surface area contributed by atoms with E-state index in [0.717, 1.165) is 25.9 Å². The summed E-state index contributed by atoms with van der Waals surface area (Å²) in [5.41, 5.74) is 1.15. The largest absolute Gasteiger partial charge is 0.472 e. The van der Waals surface area contributed by atoms with E-state index in [1.165, 1.54) is 18.7 Å². The highest BCUT2D eigenvalue weighted by atomic mass is 19.1. The minimum absolute atomic E-state index is 0.114. The lowest BCUT2D eigenvalue weighted by atomic mass is 9.96. The van der Waals surface area contributed by atoms with Crippen LogP contribution in [0.25, 0.3) is 0 Å². The number of rotatable bonds is 4. The second-order valence-electron chi connectivity index (χ2n) is 5.48. The fourth-order valence-corrected chi connectivity index (χ4v) is 2.74. The fourth-order valence-electron chi connectivity index (χ4n) is 2.74. The Hall–Kier alpha value is -2.37. The number of halogens is 1. The zero-order chi connectivity index (χ0) is 15.4. The summed E-state index contributed by atoms with van der Waals surface area (Å²) in [6, 6.07) is 3.35. The van der Waals surface area contributed by atoms with Gasteiger partial charge in [-0.15, -0.1) is 0 Å². The molecule has 2 aromatic rings. The Morgan fingerprint density at radius 3 is 2.91 bits per heavy atom. The molecular formula is C16H18FN3O2. The van der Waals surface area contributed by atoms with E-state index in [2.05, 4.69) is 10.3 Å². The Bertz CT molecular complexity index is 622. The van der Waals surface area contributed by atoms with Crippen LogP contribution in [0.1, 0.15) is 23.2 Å². The number of carbonyl (C=O) groups is 1. The molecule has 22 heavy (non-hydrogen) atoms. The average Bonchev–Trinajstić information content (AvgIpc) is 3.08. The second kappa shape index (κ2) is 6.60. The smallest absolute Gasteiger partial charge is 0.254 e. The maximum absolute atomic E-state index is 13.7. The molecule has 1 amide bonds. The molecule has 1 aliphatic rings. The lowest BCUT2D eigenvalue weighted by Crippen LogP contribution is -2.39. The molecule has 116 valence electrons. The summed E-state index contributed by atoms with van der Waals surface area (Å²) in [6.45, 7) is 2.21. The Morgan fingerprint density at radius 2 is 2.23 bits per heavy atom. The van der Waals surface area contributed by atoms with Crippen LogP contribution in [-0.2, 0) is 0 Å². The molecule has 2 aromatic heterocycles. The topological polar surface area (TPSA) is 58.4 Å². The van der Waals surface area contributed by atoms with Crippen molar-refractivity contribution in [3.8, 4) is 0 Å². The van der Waals surface area contributed by atoms with E-state index in [1.807, 2.05) is 4.90 Å². The Labute approximate surface area is 128 Å². The van der Waals surface area contributed by atoms with Crippen LogP contribution in [0.4, 0.5) is 10.1 Å². The summed E-state index contributed by atoms with van der Waals surface area (Å²) in [6.07, 6.45) is 7.61. The lowest BCUT2D eigenvalue weighted by molar-refractivity contribution is 0.0944. The van der Waals surface area contributed by atoms with Crippen molar-refractivity contribution in [2.24, 2.45) is 5.92 Å². The van der Waals surface area contributed by atoms with Crippen LogP contribution in [0.5, 0.6) is 0 Å². The Morgan fingerprint density at radius 1 is 1.41 bits per heavy atom. The molecule has 0 aliphatic carbocycles. The number of nitrogens with zero attached hydrogens (tertiary/aromatic N) is 2. The van der Waals surface area contributed by atoms with E-state index in [1.54, 1.807) is 18.3 Å². The third kappa shape index (κ3) is 3.27. The highest BCUT2D eigenvalue weighted by molar-refractivity contribution is 5.93. The quantitative estimate of drug-likeness (QED) is 0.942. The minimum Gasteiger partial charge on any atom is -0.472 e. The molecule has 1 N–H and O–H groups in total. The van der Waals surface area contributed by atoms with Gasteiger partial charge in [0.25, 0.3) is 5.91 Å². The van der Waals surface area contributed by atoms with Gasteiger partial charge >= 0.3 is 0 Å². The maximum Gasteiger partial charge on any atom is 0.254 e. The summed E-state index contributed by atoms with van der Waals surface area (Å²) in [7, 11) is 0. The molecule has 0 atom stereocenters. The van der Waals surface area contributed by atoms with E-state index in [-0.39, 0.29) is 11.7 Å². The van der Waals surface area contributed by atoms with Crippen LogP contribution in [0, 0.1) is 11.7 Å². The number of furan rings is 1. The van der Waals surface area contributed by atoms with Crippen LogP contribution < -0.4 is 10.2 Å². The molecule has 0 spiro atoms. The van der Waals surface area contributed by atoms with Gasteiger partial charge in [-0.25, -0.2) is 4.39 Å². The number of nitrogens with one attached hydrogen (secondary N) is 1. The summed E-state index contributed by atoms with van der Waals surface area (Å²) in [4.78, 5) is 17.6. The number of amides is 1. The predicted molar refractivity (Wildman–Crippen MR) is 80.2 cm³/mol. The Balaban J connectivity index is 1.48. The van der Waals surface area contributed by atoms with Gasteiger partial charge in [0.15, 0.2) is 5.82 Å². The van der Waals surface area contributed by atoms with Crippen molar-refractivity contribution in [2.75, 3.05) is 24.5 Å². The van der Waals surface area contributed by atoms with E-state index < -0.39 is 0 Å². The van der Waals surface area contributed by atoms with Gasteiger partial charge in [-0.3, -0.25) is 9.78 Å². The van der Waals surface area contributed by atoms with Crippen LogP contribution in [-0.4, -0.2) is 30.5 Å². The van der Waals surface area contributed by atoms with Gasteiger partial charge in [0.05, 0.1) is 23.7 Å². The first-order valence-electron chi connectivity index (χ1n) is 7.39. The first kappa shape index (κ1) is 14.6. The van der Waals surface area contributed by atoms with Crippen molar-refractivity contribution in [1.82, 2.24) is 10.3 Å². The molecule has 5 nitrogen and oxygen atoms in total. The number of hydrogen-bond acceptors (Lipinski definition) is 4. The molecule has 3 rings (SSSR count). The maximum atomic E-state index is 13.7. The number of aromatic nitrogens is 1. The van der Waals surface area contributed by atoms with Gasteiger partial charge in [-0.05, 0) is 30.9 Å². The van der Waals surface area contributed by atoms with Crippen LogP contribution >= 0.6 is 0 Å². The molecule has 0 saturated carbocycles. The van der Waals surface area contributed by atoms with E-state index >= 15 is 0 Å². The monoisotopic (exact) mass is 303 g/mol. The molecule has 1 saturated heterocycles. The number of hydrogen-bond donors (Lipinski definition) is 1. The molecule has 1 fully saturated rings. The molecule has 3 heterocycles. The molecule has 0 radical (unpaired) electrons. The third-order valence-corrected chi connectivity index (χ3v) is 4.04. The number of piperidine rings is 1. The minimum atomic E-state index is -0.283. The van der Waals surface area contributed by atoms with Crippen molar-refractivity contribution in [1.29, 1.82) is 0 Å². The van der Waals surface area contributed by atoms with Crippen molar-refractivity contribution in [3.63, 3.8) is 0 Å². The van der Waals surface area contributed by atoms with Gasteiger partial charge < -0.3 is 14.6 Å². The summed E-state index contributed by atoms with van der Waals surface area (Å²) < 4.78 is 18.6. The number of anilines is 1. The molecule has 1 aliphatic heterocycles.